The van der Waals surface area contributed by atoms with E-state index in [4.69, 9.17) is 0 Å². The number of amides is 1. The molecule has 0 aliphatic carbocycles. The van der Waals surface area contributed by atoms with Crippen molar-refractivity contribution in [3.63, 3.8) is 0 Å². The number of rotatable bonds is 6. The van der Waals surface area contributed by atoms with Crippen molar-refractivity contribution < 1.29 is 4.79 Å². The van der Waals surface area contributed by atoms with E-state index in [0.29, 0.717) is 13.1 Å². The van der Waals surface area contributed by atoms with E-state index in [-0.39, 0.29) is 11.9 Å². The van der Waals surface area contributed by atoms with E-state index in [1.54, 1.807) is 4.68 Å². The number of aryl methyl sites for hydroxylation is 1. The van der Waals surface area contributed by atoms with E-state index in [0.717, 1.165) is 11.1 Å². The van der Waals surface area contributed by atoms with Gasteiger partial charge in [0, 0.05) is 25.4 Å². The summed E-state index contributed by atoms with van der Waals surface area (Å²) in [4.78, 5) is 14.0. The van der Waals surface area contributed by atoms with Crippen molar-refractivity contribution in [1.82, 2.24) is 20.0 Å². The fraction of sp³-hybridized carbons (Fsp3) is 0.375. The molecule has 112 valence electrons. The van der Waals surface area contributed by atoms with Crippen molar-refractivity contribution in [3.8, 4) is 0 Å². The van der Waals surface area contributed by atoms with Crippen LogP contribution in [-0.2, 0) is 18.4 Å². The van der Waals surface area contributed by atoms with Gasteiger partial charge < -0.3 is 5.32 Å². The van der Waals surface area contributed by atoms with Gasteiger partial charge in [0.15, 0.2) is 0 Å². The Bertz CT molecular complexity index is 579. The number of hydrogen-bond acceptors (Lipinski definition) is 3. The molecular weight excluding hydrogens is 264 g/mol. The summed E-state index contributed by atoms with van der Waals surface area (Å²) in [5, 5.41) is 7.14. The summed E-state index contributed by atoms with van der Waals surface area (Å²) in [6, 6.07) is 9.98. The standard InChI is InChI=1S/C16H22N4O/c1-13(15-7-5-4-6-8-15)18-16(21)12-19(2)10-14-9-17-20(3)11-14/h4-9,11,13H,10,12H2,1-3H3,(H,18,21). The molecule has 0 saturated carbocycles. The number of likely N-dealkylation sites (N-methyl/N-ethyl adjacent to an activating group) is 1. The molecule has 1 atom stereocenters. The van der Waals surface area contributed by atoms with Gasteiger partial charge in [0.05, 0.1) is 18.8 Å². The summed E-state index contributed by atoms with van der Waals surface area (Å²) >= 11 is 0. The highest BCUT2D eigenvalue weighted by Crippen LogP contribution is 2.10. The molecule has 2 rings (SSSR count). The number of carbonyl (C=O) groups excluding carboxylic acids is 1. The normalized spacial score (nSPS) is 12.4. The zero-order valence-corrected chi connectivity index (χ0v) is 12.8. The van der Waals surface area contributed by atoms with Gasteiger partial charge in [-0.15, -0.1) is 0 Å². The SMILES string of the molecule is CC(NC(=O)CN(C)Cc1cnn(C)c1)c1ccccc1. The third kappa shape index (κ3) is 4.72. The molecule has 0 fully saturated rings. The largest absolute Gasteiger partial charge is 0.348 e. The lowest BCUT2D eigenvalue weighted by Gasteiger charge is -2.18. The molecular formula is C16H22N4O. The topological polar surface area (TPSA) is 50.2 Å². The van der Waals surface area contributed by atoms with Crippen molar-refractivity contribution in [2.24, 2.45) is 7.05 Å². The van der Waals surface area contributed by atoms with Crippen LogP contribution in [0.2, 0.25) is 0 Å². The molecule has 1 aromatic carbocycles. The van der Waals surface area contributed by atoms with Crippen molar-refractivity contribution in [2.75, 3.05) is 13.6 Å². The van der Waals surface area contributed by atoms with E-state index in [9.17, 15) is 4.79 Å². The number of hydrogen-bond donors (Lipinski definition) is 1. The van der Waals surface area contributed by atoms with Gasteiger partial charge in [-0.1, -0.05) is 30.3 Å². The minimum atomic E-state index is 0.0190. The minimum Gasteiger partial charge on any atom is -0.348 e. The zero-order valence-electron chi connectivity index (χ0n) is 12.8. The van der Waals surface area contributed by atoms with Crippen LogP contribution in [0.5, 0.6) is 0 Å². The number of benzene rings is 1. The molecule has 1 aromatic heterocycles. The zero-order chi connectivity index (χ0) is 15.2. The maximum atomic E-state index is 12.1. The molecule has 0 spiro atoms. The molecule has 5 nitrogen and oxygen atoms in total. The van der Waals surface area contributed by atoms with E-state index >= 15 is 0 Å². The number of nitrogens with one attached hydrogen (secondary N) is 1. The molecule has 0 saturated heterocycles. The van der Waals surface area contributed by atoms with Crippen molar-refractivity contribution in [1.29, 1.82) is 0 Å². The van der Waals surface area contributed by atoms with Crippen LogP contribution in [0.4, 0.5) is 0 Å². The van der Waals surface area contributed by atoms with Crippen LogP contribution in [0.25, 0.3) is 0 Å². The van der Waals surface area contributed by atoms with Crippen LogP contribution in [0.3, 0.4) is 0 Å². The third-order valence-electron chi connectivity index (χ3n) is 3.30. The smallest absolute Gasteiger partial charge is 0.234 e. The van der Waals surface area contributed by atoms with Gasteiger partial charge in [0.2, 0.25) is 5.91 Å². The van der Waals surface area contributed by atoms with Gasteiger partial charge in [-0.05, 0) is 19.5 Å². The molecule has 2 aromatic rings. The van der Waals surface area contributed by atoms with Crippen molar-refractivity contribution >= 4 is 5.91 Å². The second-order valence-electron chi connectivity index (χ2n) is 5.39. The van der Waals surface area contributed by atoms with Crippen molar-refractivity contribution in [2.45, 2.75) is 19.5 Å². The molecule has 1 amide bonds. The monoisotopic (exact) mass is 286 g/mol. The maximum absolute atomic E-state index is 12.1. The Hall–Kier alpha value is -2.14. The Labute approximate surface area is 125 Å². The predicted molar refractivity (Wildman–Crippen MR) is 82.5 cm³/mol. The first kappa shape index (κ1) is 15.3. The maximum Gasteiger partial charge on any atom is 0.234 e. The first-order valence-corrected chi connectivity index (χ1v) is 7.05. The lowest BCUT2D eigenvalue weighted by atomic mass is 10.1. The van der Waals surface area contributed by atoms with E-state index < -0.39 is 0 Å². The Balaban J connectivity index is 1.81. The summed E-state index contributed by atoms with van der Waals surface area (Å²) in [6.45, 7) is 3.07. The van der Waals surface area contributed by atoms with E-state index in [1.807, 2.05) is 68.6 Å². The Morgan fingerprint density at radius 3 is 2.71 bits per heavy atom. The summed E-state index contributed by atoms with van der Waals surface area (Å²) < 4.78 is 1.76. The Kier molecular flexibility index (Phi) is 5.11. The highest BCUT2D eigenvalue weighted by Gasteiger charge is 2.12. The van der Waals surface area contributed by atoms with E-state index in [1.165, 1.54) is 0 Å². The van der Waals surface area contributed by atoms with Gasteiger partial charge in [-0.3, -0.25) is 14.4 Å². The van der Waals surface area contributed by atoms with Crippen LogP contribution in [0.1, 0.15) is 24.1 Å². The highest BCUT2D eigenvalue weighted by molar-refractivity contribution is 5.78. The predicted octanol–water partition coefficient (Wildman–Crippen LogP) is 1.73. The van der Waals surface area contributed by atoms with Crippen LogP contribution < -0.4 is 5.32 Å². The Morgan fingerprint density at radius 2 is 2.10 bits per heavy atom. The summed E-state index contributed by atoms with van der Waals surface area (Å²) in [6.07, 6.45) is 3.78. The fourth-order valence-electron chi connectivity index (χ4n) is 2.28. The first-order chi connectivity index (χ1) is 10.0. The average molecular weight is 286 g/mol. The quantitative estimate of drug-likeness (QED) is 0.880. The molecule has 0 bridgehead atoms. The number of nitrogens with zero attached hydrogens (tertiary/aromatic N) is 3. The minimum absolute atomic E-state index is 0.0190. The van der Waals surface area contributed by atoms with Gasteiger partial charge in [-0.25, -0.2) is 0 Å². The second-order valence-corrected chi connectivity index (χ2v) is 5.39. The molecule has 0 aliphatic heterocycles. The molecule has 5 heteroatoms. The highest BCUT2D eigenvalue weighted by atomic mass is 16.2. The van der Waals surface area contributed by atoms with E-state index in [2.05, 4.69) is 10.4 Å². The van der Waals surface area contributed by atoms with Gasteiger partial charge >= 0.3 is 0 Å². The van der Waals surface area contributed by atoms with Crippen LogP contribution in [0.15, 0.2) is 42.7 Å². The average Bonchev–Trinajstić information content (AvgIpc) is 2.84. The molecule has 1 N–H and O–H groups in total. The molecule has 0 aliphatic rings. The summed E-state index contributed by atoms with van der Waals surface area (Å²) in [7, 11) is 3.82. The molecule has 1 unspecified atom stereocenters. The molecule has 21 heavy (non-hydrogen) atoms. The second kappa shape index (κ2) is 7.04. The van der Waals surface area contributed by atoms with Gasteiger partial charge in [0.25, 0.3) is 0 Å². The Morgan fingerprint density at radius 1 is 1.38 bits per heavy atom. The third-order valence-corrected chi connectivity index (χ3v) is 3.30. The number of carbonyl (C=O) groups is 1. The fourth-order valence-corrected chi connectivity index (χ4v) is 2.28. The first-order valence-electron chi connectivity index (χ1n) is 7.05. The summed E-state index contributed by atoms with van der Waals surface area (Å²) in [5.41, 5.74) is 2.21. The summed E-state index contributed by atoms with van der Waals surface area (Å²) in [5.74, 6) is 0.0257. The van der Waals surface area contributed by atoms with Crippen molar-refractivity contribution in [3.05, 3.63) is 53.9 Å². The lowest BCUT2D eigenvalue weighted by Crippen LogP contribution is -2.36. The van der Waals surface area contributed by atoms with Crippen LogP contribution in [0, 0.1) is 0 Å². The van der Waals surface area contributed by atoms with Crippen LogP contribution in [-0.4, -0.2) is 34.2 Å². The van der Waals surface area contributed by atoms with Gasteiger partial charge in [0.1, 0.15) is 0 Å². The lowest BCUT2D eigenvalue weighted by molar-refractivity contribution is -0.122. The molecule has 0 radical (unpaired) electrons. The molecule has 1 heterocycles. The van der Waals surface area contributed by atoms with Gasteiger partial charge in [-0.2, -0.15) is 5.10 Å². The van der Waals surface area contributed by atoms with Crippen LogP contribution >= 0.6 is 0 Å². The number of aromatic nitrogens is 2.